The number of piperidine rings is 1. The number of fused-ring (bicyclic) bond motifs is 5. The summed E-state index contributed by atoms with van der Waals surface area (Å²) < 4.78 is 5.70. The Morgan fingerprint density at radius 2 is 1.70 bits per heavy atom. The van der Waals surface area contributed by atoms with Crippen molar-refractivity contribution in [3.05, 3.63) is 59.7 Å². The van der Waals surface area contributed by atoms with Crippen LogP contribution in [0.1, 0.15) is 36.3 Å². The number of hydrogen-bond acceptors (Lipinski definition) is 3. The van der Waals surface area contributed by atoms with E-state index in [1.807, 2.05) is 24.3 Å². The number of likely N-dealkylation sites (tertiary alicyclic amines) is 1. The molecule has 5 heteroatoms. The largest absolute Gasteiger partial charge is 0.481 e. The van der Waals surface area contributed by atoms with Gasteiger partial charge in [-0.1, -0.05) is 48.5 Å². The van der Waals surface area contributed by atoms with E-state index in [9.17, 15) is 14.7 Å². The summed E-state index contributed by atoms with van der Waals surface area (Å²) in [7, 11) is 0. The molecule has 2 atom stereocenters. The zero-order valence-electron chi connectivity index (χ0n) is 14.9. The average molecular weight is 363 g/mol. The normalized spacial score (nSPS) is 25.3. The minimum atomic E-state index is -0.793. The Bertz CT molecular complexity index is 894. The Kier molecular flexibility index (Phi) is 3.54. The van der Waals surface area contributed by atoms with Crippen LogP contribution in [-0.2, 0) is 9.53 Å². The molecule has 3 aliphatic rings. The molecule has 2 aromatic carbocycles. The van der Waals surface area contributed by atoms with Gasteiger partial charge >= 0.3 is 12.1 Å². The molecule has 1 heterocycles. The van der Waals surface area contributed by atoms with Gasteiger partial charge in [0.25, 0.3) is 0 Å². The summed E-state index contributed by atoms with van der Waals surface area (Å²) in [5, 5.41) is 9.53. The molecule has 1 N–H and O–H groups in total. The number of ether oxygens (including phenoxy) is 1. The van der Waals surface area contributed by atoms with Gasteiger partial charge in [-0.25, -0.2) is 4.79 Å². The zero-order chi connectivity index (χ0) is 18.6. The van der Waals surface area contributed by atoms with Gasteiger partial charge in [-0.2, -0.15) is 0 Å². The number of hydrogen-bond donors (Lipinski definition) is 1. The third-order valence-corrected chi connectivity index (χ3v) is 6.52. The zero-order valence-corrected chi connectivity index (χ0v) is 14.9. The first-order chi connectivity index (χ1) is 13.1. The van der Waals surface area contributed by atoms with Gasteiger partial charge in [0.2, 0.25) is 0 Å². The maximum Gasteiger partial charge on any atom is 0.410 e. The predicted octanol–water partition coefficient (Wildman–Crippen LogP) is 3.87. The molecule has 27 heavy (non-hydrogen) atoms. The number of benzene rings is 2. The van der Waals surface area contributed by atoms with E-state index in [0.717, 1.165) is 6.42 Å². The van der Waals surface area contributed by atoms with Crippen LogP contribution < -0.4 is 0 Å². The van der Waals surface area contributed by atoms with Gasteiger partial charge in [0.15, 0.2) is 0 Å². The van der Waals surface area contributed by atoms with E-state index in [1.54, 1.807) is 4.90 Å². The minimum Gasteiger partial charge on any atom is -0.481 e. The second-order valence-electron chi connectivity index (χ2n) is 7.91. The Morgan fingerprint density at radius 1 is 1.07 bits per heavy atom. The second-order valence-corrected chi connectivity index (χ2v) is 7.91. The van der Waals surface area contributed by atoms with Crippen molar-refractivity contribution in [2.24, 2.45) is 5.41 Å². The Morgan fingerprint density at radius 3 is 2.30 bits per heavy atom. The standard InChI is InChI=1S/C22H21NO4/c24-20(25)22-10-9-14(11-22)23(13-22)21(26)27-12-19-17-7-3-1-5-15(17)16-6-2-4-8-18(16)19/h1-8,14,19H,9-13H2,(H,24,25). The highest BCUT2D eigenvalue weighted by Crippen LogP contribution is 2.48. The van der Waals surface area contributed by atoms with Crippen LogP contribution >= 0.6 is 0 Å². The molecule has 5 rings (SSSR count). The number of rotatable bonds is 3. The fourth-order valence-electron chi connectivity index (χ4n) is 5.12. The van der Waals surface area contributed by atoms with Crippen molar-refractivity contribution in [3.63, 3.8) is 0 Å². The van der Waals surface area contributed by atoms with Crippen LogP contribution in [0.4, 0.5) is 4.79 Å². The van der Waals surface area contributed by atoms with Crippen molar-refractivity contribution >= 4 is 12.1 Å². The molecule has 0 aromatic heterocycles. The molecular weight excluding hydrogens is 342 g/mol. The fourth-order valence-corrected chi connectivity index (χ4v) is 5.12. The van der Waals surface area contributed by atoms with E-state index >= 15 is 0 Å². The average Bonchev–Trinajstić information content (AvgIpc) is 3.37. The maximum atomic E-state index is 12.7. The van der Waals surface area contributed by atoms with Gasteiger partial charge in [-0.3, -0.25) is 4.79 Å². The number of aliphatic carboxylic acids is 1. The first-order valence-electron chi connectivity index (χ1n) is 9.44. The number of carboxylic acid groups (broad SMARTS) is 1. The van der Waals surface area contributed by atoms with Crippen molar-refractivity contribution in [1.29, 1.82) is 0 Å². The molecule has 2 aromatic rings. The Labute approximate surface area is 157 Å². The van der Waals surface area contributed by atoms with Crippen LogP contribution in [0, 0.1) is 5.41 Å². The van der Waals surface area contributed by atoms with E-state index in [-0.39, 0.29) is 31.2 Å². The van der Waals surface area contributed by atoms with Gasteiger partial charge in [-0.05, 0) is 41.5 Å². The highest BCUT2D eigenvalue weighted by Gasteiger charge is 2.56. The molecule has 0 radical (unpaired) electrons. The van der Waals surface area contributed by atoms with Crippen LogP contribution in [0.2, 0.25) is 0 Å². The third kappa shape index (κ3) is 2.37. The lowest BCUT2D eigenvalue weighted by molar-refractivity contribution is -0.148. The quantitative estimate of drug-likeness (QED) is 0.899. The van der Waals surface area contributed by atoms with E-state index in [2.05, 4.69) is 24.3 Å². The molecule has 1 amide bonds. The molecule has 2 bridgehead atoms. The molecule has 138 valence electrons. The number of nitrogens with zero attached hydrogens (tertiary/aromatic N) is 1. The maximum absolute atomic E-state index is 12.7. The van der Waals surface area contributed by atoms with E-state index in [4.69, 9.17) is 4.74 Å². The summed E-state index contributed by atoms with van der Waals surface area (Å²) in [5.41, 5.74) is 3.97. The molecule has 1 saturated heterocycles. The molecule has 2 unspecified atom stereocenters. The van der Waals surface area contributed by atoms with Crippen LogP contribution in [0.5, 0.6) is 0 Å². The number of amides is 1. The van der Waals surface area contributed by atoms with Crippen LogP contribution in [0.3, 0.4) is 0 Å². The summed E-state index contributed by atoms with van der Waals surface area (Å²) >= 11 is 0. The topological polar surface area (TPSA) is 66.8 Å². The third-order valence-electron chi connectivity index (χ3n) is 6.52. The number of carbonyl (C=O) groups excluding carboxylic acids is 1. The molecule has 1 saturated carbocycles. The lowest BCUT2D eigenvalue weighted by Crippen LogP contribution is -2.42. The van der Waals surface area contributed by atoms with Crippen LogP contribution in [-0.4, -0.2) is 41.3 Å². The molecule has 2 aliphatic carbocycles. The number of carbonyl (C=O) groups is 2. The van der Waals surface area contributed by atoms with Gasteiger partial charge in [-0.15, -0.1) is 0 Å². The summed E-state index contributed by atoms with van der Waals surface area (Å²) in [4.78, 5) is 25.9. The van der Waals surface area contributed by atoms with Gasteiger partial charge < -0.3 is 14.7 Å². The van der Waals surface area contributed by atoms with E-state index < -0.39 is 11.4 Å². The molecule has 2 fully saturated rings. The smallest absolute Gasteiger partial charge is 0.410 e. The van der Waals surface area contributed by atoms with Gasteiger partial charge in [0, 0.05) is 18.5 Å². The molecule has 0 spiro atoms. The van der Waals surface area contributed by atoms with Gasteiger partial charge in [0.05, 0.1) is 5.41 Å². The highest BCUT2D eigenvalue weighted by atomic mass is 16.6. The van der Waals surface area contributed by atoms with Gasteiger partial charge in [0.1, 0.15) is 6.61 Å². The molecule has 5 nitrogen and oxygen atoms in total. The molecule has 1 aliphatic heterocycles. The fraction of sp³-hybridized carbons (Fsp3) is 0.364. The Hall–Kier alpha value is -2.82. The van der Waals surface area contributed by atoms with Crippen molar-refractivity contribution < 1.29 is 19.4 Å². The second kappa shape index (κ2) is 5.84. The van der Waals surface area contributed by atoms with Crippen molar-refractivity contribution in [2.75, 3.05) is 13.2 Å². The summed E-state index contributed by atoms with van der Waals surface area (Å²) in [5.74, 6) is -0.770. The van der Waals surface area contributed by atoms with E-state index in [0.29, 0.717) is 12.8 Å². The van der Waals surface area contributed by atoms with Crippen molar-refractivity contribution in [1.82, 2.24) is 4.90 Å². The summed E-state index contributed by atoms with van der Waals surface area (Å²) in [6, 6.07) is 16.4. The van der Waals surface area contributed by atoms with Crippen LogP contribution in [0.15, 0.2) is 48.5 Å². The lowest BCUT2D eigenvalue weighted by atomic mass is 9.88. The van der Waals surface area contributed by atoms with Crippen molar-refractivity contribution in [3.8, 4) is 11.1 Å². The number of carboxylic acids is 1. The minimum absolute atomic E-state index is 0.00301. The molecular formula is C22H21NO4. The lowest BCUT2D eigenvalue weighted by Gasteiger charge is -2.29. The summed E-state index contributed by atoms with van der Waals surface area (Å²) in [6.07, 6.45) is 1.56. The van der Waals surface area contributed by atoms with E-state index in [1.165, 1.54) is 22.3 Å². The monoisotopic (exact) mass is 363 g/mol. The van der Waals surface area contributed by atoms with Crippen LogP contribution in [0.25, 0.3) is 11.1 Å². The SMILES string of the molecule is O=C(OCC1c2ccccc2-c2ccccc21)N1CC2(C(=O)O)CCC1C2. The first-order valence-corrected chi connectivity index (χ1v) is 9.44. The van der Waals surface area contributed by atoms with Crippen molar-refractivity contribution in [2.45, 2.75) is 31.2 Å². The Balaban J connectivity index is 1.34. The first kappa shape index (κ1) is 16.4. The summed E-state index contributed by atoms with van der Waals surface area (Å²) in [6.45, 7) is 0.541. The highest BCUT2D eigenvalue weighted by molar-refractivity contribution is 5.80. The predicted molar refractivity (Wildman–Crippen MR) is 99.5 cm³/mol.